The monoisotopic (exact) mass is 461 g/mol. The molecule has 1 nitrogen and oxygen atoms in total. The number of aromatic amines is 1. The number of aryl methyl sites for hydroxylation is 4. The molecule has 3 rings (SSSR count). The zero-order valence-electron chi connectivity index (χ0n) is 24.1. The normalized spacial score (nSPS) is 12.4. The number of hydrogen-bond donors (Lipinski definition) is 1. The van der Waals surface area contributed by atoms with Gasteiger partial charge in [0.2, 0.25) is 0 Å². The highest BCUT2D eigenvalue weighted by Crippen LogP contribution is 2.46. The lowest BCUT2D eigenvalue weighted by Crippen LogP contribution is -2.23. The second kappa shape index (κ2) is 10.9. The van der Waals surface area contributed by atoms with Crippen LogP contribution in [0.3, 0.4) is 0 Å². The number of fused-ring (bicyclic) bond motifs is 3. The highest BCUT2D eigenvalue weighted by atomic mass is 14.7. The maximum absolute atomic E-state index is 4.11. The Kier molecular flexibility index (Phi) is 8.59. The molecule has 0 spiro atoms. The minimum absolute atomic E-state index is 0.201. The maximum Gasteiger partial charge on any atom is 0.0503 e. The first-order chi connectivity index (χ1) is 16.3. The van der Waals surface area contributed by atoms with Gasteiger partial charge in [-0.25, -0.2) is 0 Å². The molecule has 1 heteroatoms. The summed E-state index contributed by atoms with van der Waals surface area (Å²) in [4.78, 5) is 4.11. The SMILES string of the molecule is CCCCC(C)(C)c1c(CC)c(CC)c2c([nH]c3c(CC)c(CC)c(CC)c(CC)c32)c1CC. The van der Waals surface area contributed by atoms with Gasteiger partial charge in [-0.05, 0) is 101 Å². The first-order valence-corrected chi connectivity index (χ1v) is 14.5. The second-order valence-electron chi connectivity index (χ2n) is 10.8. The van der Waals surface area contributed by atoms with Gasteiger partial charge in [0, 0.05) is 10.8 Å². The molecule has 34 heavy (non-hydrogen) atoms. The minimum Gasteiger partial charge on any atom is -0.354 e. The largest absolute Gasteiger partial charge is 0.354 e. The van der Waals surface area contributed by atoms with Crippen molar-refractivity contribution in [2.24, 2.45) is 0 Å². The standard InChI is InChI=1S/C33H51N/c1-11-19-20-33(9,10)30-25(16-6)24(15-5)29-28-23(14-4)21(12-2)22(13-3)26(17-7)31(28)34-32(29)27(30)18-8/h34H,11-20H2,1-10H3. The Hall–Kier alpha value is -1.76. The molecule has 3 aromatic rings. The Morgan fingerprint density at radius 1 is 0.500 bits per heavy atom. The van der Waals surface area contributed by atoms with Crippen LogP contribution in [0.4, 0.5) is 0 Å². The summed E-state index contributed by atoms with van der Waals surface area (Å²) >= 11 is 0. The lowest BCUT2D eigenvalue weighted by Gasteiger charge is -2.32. The third-order valence-corrected chi connectivity index (χ3v) is 8.57. The first kappa shape index (κ1) is 26.8. The summed E-state index contributed by atoms with van der Waals surface area (Å²) in [5.74, 6) is 0. The Morgan fingerprint density at radius 2 is 0.912 bits per heavy atom. The van der Waals surface area contributed by atoms with Gasteiger partial charge in [-0.15, -0.1) is 0 Å². The molecule has 0 amide bonds. The van der Waals surface area contributed by atoms with Crippen LogP contribution in [0.25, 0.3) is 21.8 Å². The van der Waals surface area contributed by atoms with Gasteiger partial charge < -0.3 is 4.98 Å². The zero-order chi connectivity index (χ0) is 25.2. The molecule has 0 saturated carbocycles. The third-order valence-electron chi connectivity index (χ3n) is 8.57. The van der Waals surface area contributed by atoms with E-state index >= 15 is 0 Å². The lowest BCUT2D eigenvalue weighted by atomic mass is 9.72. The molecule has 1 heterocycles. The number of hydrogen-bond acceptors (Lipinski definition) is 0. The lowest BCUT2D eigenvalue weighted by molar-refractivity contribution is 0.451. The van der Waals surface area contributed by atoms with Crippen LogP contribution in [0.5, 0.6) is 0 Å². The fourth-order valence-electron chi connectivity index (χ4n) is 7.16. The molecule has 188 valence electrons. The van der Waals surface area contributed by atoms with Gasteiger partial charge in [-0.3, -0.25) is 0 Å². The molecule has 0 aliphatic rings. The van der Waals surface area contributed by atoms with Crippen molar-refractivity contribution in [1.82, 2.24) is 4.98 Å². The van der Waals surface area contributed by atoms with Crippen LogP contribution in [0.2, 0.25) is 0 Å². The number of aromatic nitrogens is 1. The fourth-order valence-corrected chi connectivity index (χ4v) is 7.16. The average molecular weight is 462 g/mol. The Bertz CT molecular complexity index is 1160. The summed E-state index contributed by atoms with van der Waals surface area (Å²) in [6.45, 7) is 23.9. The predicted octanol–water partition coefficient (Wildman–Crippen LogP) is 9.73. The van der Waals surface area contributed by atoms with Crippen LogP contribution >= 0.6 is 0 Å². The number of unbranched alkanes of at least 4 members (excludes halogenated alkanes) is 1. The summed E-state index contributed by atoms with van der Waals surface area (Å²) in [6.07, 6.45) is 11.6. The molecule has 0 saturated heterocycles. The molecule has 0 unspecified atom stereocenters. The molecule has 0 radical (unpaired) electrons. The summed E-state index contributed by atoms with van der Waals surface area (Å²) in [5.41, 5.74) is 16.0. The van der Waals surface area contributed by atoms with Crippen LogP contribution in [0.15, 0.2) is 0 Å². The van der Waals surface area contributed by atoms with Gasteiger partial charge in [0.25, 0.3) is 0 Å². The van der Waals surface area contributed by atoms with Gasteiger partial charge in [0.05, 0.1) is 11.0 Å². The van der Waals surface area contributed by atoms with Gasteiger partial charge in [0.1, 0.15) is 0 Å². The molecule has 1 N–H and O–H groups in total. The summed E-state index contributed by atoms with van der Waals surface area (Å²) < 4.78 is 0. The molecule has 0 aliphatic heterocycles. The van der Waals surface area contributed by atoms with E-state index in [1.165, 1.54) is 30.3 Å². The molecule has 0 fully saturated rings. The van der Waals surface area contributed by atoms with Crippen LogP contribution in [0.1, 0.15) is 133 Å². The van der Waals surface area contributed by atoms with E-state index < -0.39 is 0 Å². The van der Waals surface area contributed by atoms with Crippen molar-refractivity contribution in [2.75, 3.05) is 0 Å². The van der Waals surface area contributed by atoms with Gasteiger partial charge in [0.15, 0.2) is 0 Å². The van der Waals surface area contributed by atoms with Crippen molar-refractivity contribution in [3.63, 3.8) is 0 Å². The smallest absolute Gasteiger partial charge is 0.0503 e. The van der Waals surface area contributed by atoms with E-state index in [2.05, 4.69) is 74.2 Å². The minimum atomic E-state index is 0.201. The van der Waals surface area contributed by atoms with Crippen LogP contribution < -0.4 is 0 Å². The topological polar surface area (TPSA) is 15.8 Å². The molecule has 0 atom stereocenters. The van der Waals surface area contributed by atoms with Crippen molar-refractivity contribution in [1.29, 1.82) is 0 Å². The first-order valence-electron chi connectivity index (χ1n) is 14.5. The Labute approximate surface area is 210 Å². The third kappa shape index (κ3) is 4.12. The second-order valence-corrected chi connectivity index (χ2v) is 10.8. The highest BCUT2D eigenvalue weighted by molar-refractivity contribution is 6.14. The number of nitrogens with one attached hydrogen (secondary N) is 1. The average Bonchev–Trinajstić information content (AvgIpc) is 3.23. The van der Waals surface area contributed by atoms with Crippen molar-refractivity contribution in [3.8, 4) is 0 Å². The van der Waals surface area contributed by atoms with Crippen molar-refractivity contribution in [3.05, 3.63) is 44.5 Å². The van der Waals surface area contributed by atoms with Crippen LogP contribution in [-0.2, 0) is 50.4 Å². The fraction of sp³-hybridized carbons (Fsp3) is 0.636. The number of rotatable bonds is 11. The Morgan fingerprint density at radius 3 is 1.35 bits per heavy atom. The maximum atomic E-state index is 4.11. The number of benzene rings is 2. The van der Waals surface area contributed by atoms with Crippen molar-refractivity contribution >= 4 is 21.8 Å². The molecule has 2 aromatic carbocycles. The van der Waals surface area contributed by atoms with E-state index in [4.69, 9.17) is 0 Å². The van der Waals surface area contributed by atoms with E-state index in [0.717, 1.165) is 44.9 Å². The van der Waals surface area contributed by atoms with Gasteiger partial charge in [-0.1, -0.05) is 82.1 Å². The number of H-pyrrole nitrogens is 1. The predicted molar refractivity (Wildman–Crippen MR) is 154 cm³/mol. The molecular weight excluding hydrogens is 410 g/mol. The van der Waals surface area contributed by atoms with Gasteiger partial charge in [-0.2, -0.15) is 0 Å². The molecular formula is C33H51N. The molecule has 0 bridgehead atoms. The van der Waals surface area contributed by atoms with Gasteiger partial charge >= 0.3 is 0 Å². The Balaban J connectivity index is 2.67. The zero-order valence-corrected chi connectivity index (χ0v) is 24.1. The summed E-state index contributed by atoms with van der Waals surface area (Å²) in [7, 11) is 0. The quantitative estimate of drug-likeness (QED) is 0.292. The van der Waals surface area contributed by atoms with Crippen molar-refractivity contribution < 1.29 is 0 Å². The van der Waals surface area contributed by atoms with Crippen LogP contribution in [0, 0.1) is 0 Å². The van der Waals surface area contributed by atoms with E-state index in [-0.39, 0.29) is 5.41 Å². The molecule has 0 aliphatic carbocycles. The van der Waals surface area contributed by atoms with Crippen molar-refractivity contribution in [2.45, 2.75) is 139 Å². The van der Waals surface area contributed by atoms with E-state index in [0.29, 0.717) is 0 Å². The summed E-state index contributed by atoms with van der Waals surface area (Å²) in [6, 6.07) is 0. The van der Waals surface area contributed by atoms with Crippen LogP contribution in [-0.4, -0.2) is 4.98 Å². The molecule has 1 aromatic heterocycles. The van der Waals surface area contributed by atoms with E-state index in [9.17, 15) is 0 Å². The van der Waals surface area contributed by atoms with E-state index in [1.54, 1.807) is 55.3 Å². The highest BCUT2D eigenvalue weighted by Gasteiger charge is 2.31. The summed E-state index contributed by atoms with van der Waals surface area (Å²) in [5, 5.41) is 3.12. The van der Waals surface area contributed by atoms with E-state index in [1.807, 2.05) is 0 Å².